The van der Waals surface area contributed by atoms with Crippen LogP contribution in [0.3, 0.4) is 0 Å². The quantitative estimate of drug-likeness (QED) is 0.467. The monoisotopic (exact) mass is 477 g/mol. The van der Waals surface area contributed by atoms with Crippen molar-refractivity contribution in [3.05, 3.63) is 54.6 Å². The van der Waals surface area contributed by atoms with Gasteiger partial charge in [0.1, 0.15) is 11.3 Å². The first-order valence-electron chi connectivity index (χ1n) is 10.6. The van der Waals surface area contributed by atoms with E-state index >= 15 is 0 Å². The Morgan fingerprint density at radius 2 is 1.91 bits per heavy atom. The highest BCUT2D eigenvalue weighted by atomic mass is 32.2. The zero-order valence-electron chi connectivity index (χ0n) is 17.7. The molecule has 33 heavy (non-hydrogen) atoms. The molecule has 0 amide bonds. The zero-order valence-corrected chi connectivity index (χ0v) is 18.6. The summed E-state index contributed by atoms with van der Waals surface area (Å²) in [4.78, 5) is 9.13. The van der Waals surface area contributed by atoms with Gasteiger partial charge in [-0.3, -0.25) is 0 Å². The molecule has 1 aliphatic rings. The number of fused-ring (bicyclic) bond motifs is 3. The molecule has 11 heteroatoms. The number of pyridine rings is 1. The molecule has 2 atom stereocenters. The zero-order chi connectivity index (χ0) is 23.4. The molecule has 1 aliphatic carbocycles. The number of aromatic nitrogens is 4. The van der Waals surface area contributed by atoms with Crippen LogP contribution in [0.4, 0.5) is 13.2 Å². The average molecular weight is 478 g/mol. The number of nitrogens with one attached hydrogen (secondary N) is 1. The maximum absolute atomic E-state index is 13.2. The van der Waals surface area contributed by atoms with Gasteiger partial charge in [-0.15, -0.1) is 0 Å². The van der Waals surface area contributed by atoms with Crippen molar-refractivity contribution < 1.29 is 21.6 Å². The van der Waals surface area contributed by atoms with E-state index in [-0.39, 0.29) is 22.6 Å². The van der Waals surface area contributed by atoms with Crippen molar-refractivity contribution in [2.45, 2.75) is 49.3 Å². The number of imidazole rings is 1. The van der Waals surface area contributed by atoms with Gasteiger partial charge in [0.25, 0.3) is 10.0 Å². The molecule has 3 heterocycles. The molecular weight excluding hydrogens is 455 g/mol. The standard InChI is InChI=1S/C22H22F3N5O2S/c1-14-28-19-12-26-21-18(9-10-29(21)33(31,32)17-5-3-2-4-6-17)20(19)30(14)16-8-7-15(11-16)27-13-22(23,24)25/h2-6,9-10,12,15-16,27H,7-8,11,13H2,1H3/t15-,16-/m1/s1. The Morgan fingerprint density at radius 1 is 1.15 bits per heavy atom. The lowest BCUT2D eigenvalue weighted by Crippen LogP contribution is -2.35. The minimum Gasteiger partial charge on any atom is -0.324 e. The minimum absolute atomic E-state index is 0.0413. The highest BCUT2D eigenvalue weighted by Crippen LogP contribution is 2.37. The van der Waals surface area contributed by atoms with Crippen LogP contribution in [0.1, 0.15) is 31.1 Å². The molecule has 1 N–H and O–H groups in total. The van der Waals surface area contributed by atoms with Crippen molar-refractivity contribution in [2.24, 2.45) is 0 Å². The number of alkyl halides is 3. The summed E-state index contributed by atoms with van der Waals surface area (Å²) in [5.41, 5.74) is 1.67. The summed E-state index contributed by atoms with van der Waals surface area (Å²) in [6.07, 6.45) is 0.642. The normalized spacial score (nSPS) is 19.6. The van der Waals surface area contributed by atoms with Gasteiger partial charge < -0.3 is 9.88 Å². The Labute approximate surface area is 188 Å². The molecule has 0 aliphatic heterocycles. The molecule has 0 radical (unpaired) electrons. The number of hydrogen-bond donors (Lipinski definition) is 1. The Hall–Kier alpha value is -2.92. The van der Waals surface area contributed by atoms with Gasteiger partial charge in [0, 0.05) is 23.7 Å². The van der Waals surface area contributed by atoms with Gasteiger partial charge in [-0.2, -0.15) is 13.2 Å². The number of benzene rings is 1. The lowest BCUT2D eigenvalue weighted by Gasteiger charge is -2.18. The van der Waals surface area contributed by atoms with Gasteiger partial charge >= 0.3 is 6.18 Å². The summed E-state index contributed by atoms with van der Waals surface area (Å²) in [7, 11) is -3.84. The summed E-state index contributed by atoms with van der Waals surface area (Å²) in [6, 6.07) is 9.54. The first kappa shape index (κ1) is 21.9. The third-order valence-electron chi connectivity index (χ3n) is 6.17. The van der Waals surface area contributed by atoms with Crippen LogP contribution < -0.4 is 5.32 Å². The van der Waals surface area contributed by atoms with Crippen molar-refractivity contribution in [2.75, 3.05) is 6.54 Å². The van der Waals surface area contributed by atoms with Crippen LogP contribution >= 0.6 is 0 Å². The van der Waals surface area contributed by atoms with E-state index in [4.69, 9.17) is 0 Å². The van der Waals surface area contributed by atoms with Crippen LogP contribution in [0.5, 0.6) is 0 Å². The largest absolute Gasteiger partial charge is 0.401 e. The summed E-state index contributed by atoms with van der Waals surface area (Å²) < 4.78 is 67.4. The highest BCUT2D eigenvalue weighted by Gasteiger charge is 2.33. The fourth-order valence-electron chi connectivity index (χ4n) is 4.75. The second-order valence-electron chi connectivity index (χ2n) is 8.35. The maximum atomic E-state index is 13.2. The van der Waals surface area contributed by atoms with Gasteiger partial charge in [-0.25, -0.2) is 22.4 Å². The molecule has 0 bridgehead atoms. The van der Waals surface area contributed by atoms with Crippen LogP contribution in [0.2, 0.25) is 0 Å². The Kier molecular flexibility index (Phi) is 5.20. The van der Waals surface area contributed by atoms with Crippen molar-refractivity contribution in [3.8, 4) is 0 Å². The Balaban J connectivity index is 1.56. The number of nitrogens with zero attached hydrogens (tertiary/aromatic N) is 4. The second kappa shape index (κ2) is 7.84. The highest BCUT2D eigenvalue weighted by molar-refractivity contribution is 7.90. The second-order valence-corrected chi connectivity index (χ2v) is 10.2. The van der Waals surface area contributed by atoms with E-state index in [1.807, 2.05) is 11.5 Å². The van der Waals surface area contributed by atoms with Crippen molar-refractivity contribution in [1.29, 1.82) is 0 Å². The van der Waals surface area contributed by atoms with Crippen molar-refractivity contribution in [3.63, 3.8) is 0 Å². The van der Waals surface area contributed by atoms with Crippen molar-refractivity contribution in [1.82, 2.24) is 23.8 Å². The molecular formula is C22H22F3N5O2S. The summed E-state index contributed by atoms with van der Waals surface area (Å²) in [5, 5.41) is 3.24. The van der Waals surface area contributed by atoms with E-state index < -0.39 is 22.7 Å². The lowest BCUT2D eigenvalue weighted by atomic mass is 10.2. The molecule has 1 aromatic carbocycles. The molecule has 5 rings (SSSR count). The maximum Gasteiger partial charge on any atom is 0.401 e. The number of rotatable bonds is 5. The summed E-state index contributed by atoms with van der Waals surface area (Å²) >= 11 is 0. The van der Waals surface area contributed by atoms with Crippen molar-refractivity contribution >= 4 is 32.1 Å². The third-order valence-corrected chi connectivity index (χ3v) is 7.85. The Morgan fingerprint density at radius 3 is 2.64 bits per heavy atom. The van der Waals surface area contributed by atoms with Crippen LogP contribution in [0.15, 0.2) is 53.7 Å². The molecule has 4 aromatic rings. The van der Waals surface area contributed by atoms with E-state index in [0.29, 0.717) is 30.2 Å². The van der Waals surface area contributed by atoms with E-state index in [1.165, 1.54) is 18.3 Å². The van der Waals surface area contributed by atoms with Gasteiger partial charge in [0.2, 0.25) is 0 Å². The molecule has 0 unspecified atom stereocenters. The number of aryl methyl sites for hydroxylation is 1. The van der Waals surface area contributed by atoms with Gasteiger partial charge in [0.15, 0.2) is 5.65 Å². The fraction of sp³-hybridized carbons (Fsp3) is 0.364. The molecule has 1 saturated carbocycles. The first-order valence-corrected chi connectivity index (χ1v) is 12.0. The smallest absolute Gasteiger partial charge is 0.324 e. The van der Waals surface area contributed by atoms with Crippen LogP contribution in [-0.2, 0) is 10.0 Å². The number of halogens is 3. The van der Waals surface area contributed by atoms with Gasteiger partial charge in [-0.05, 0) is 44.4 Å². The Bertz CT molecular complexity index is 1430. The molecule has 174 valence electrons. The molecule has 3 aromatic heterocycles. The third kappa shape index (κ3) is 3.89. The lowest BCUT2D eigenvalue weighted by molar-refractivity contribution is -0.126. The number of hydrogen-bond acceptors (Lipinski definition) is 5. The fourth-order valence-corrected chi connectivity index (χ4v) is 6.07. The van der Waals surface area contributed by atoms with Crippen LogP contribution in [0.25, 0.3) is 22.1 Å². The average Bonchev–Trinajstić information content (AvgIpc) is 3.48. The van der Waals surface area contributed by atoms with E-state index in [2.05, 4.69) is 15.3 Å². The molecule has 7 nitrogen and oxygen atoms in total. The molecule has 0 saturated heterocycles. The van der Waals surface area contributed by atoms with Gasteiger partial charge in [0.05, 0.1) is 23.2 Å². The topological polar surface area (TPSA) is 81.8 Å². The van der Waals surface area contributed by atoms with Crippen LogP contribution in [0, 0.1) is 6.92 Å². The van der Waals surface area contributed by atoms with E-state index in [1.54, 1.807) is 30.5 Å². The van der Waals surface area contributed by atoms with Gasteiger partial charge in [-0.1, -0.05) is 18.2 Å². The van der Waals surface area contributed by atoms with E-state index in [0.717, 1.165) is 15.3 Å². The summed E-state index contributed by atoms with van der Waals surface area (Å²) in [6.45, 7) is 0.836. The SMILES string of the molecule is Cc1nc2cnc3c(ccn3S(=O)(=O)c3ccccc3)c2n1[C@@H]1CC[C@@H](NCC(F)(F)F)C1. The predicted octanol–water partition coefficient (Wildman–Crippen LogP) is 4.18. The molecule has 1 fully saturated rings. The summed E-state index contributed by atoms with van der Waals surface area (Å²) in [5.74, 6) is 0.722. The molecule has 0 spiro atoms. The minimum atomic E-state index is -4.25. The first-order chi connectivity index (χ1) is 15.6. The van der Waals surface area contributed by atoms with E-state index in [9.17, 15) is 21.6 Å². The van der Waals surface area contributed by atoms with Crippen LogP contribution in [-0.4, -0.2) is 45.7 Å². The predicted molar refractivity (Wildman–Crippen MR) is 118 cm³/mol.